The Kier molecular flexibility index (Phi) is 5.89. The van der Waals surface area contributed by atoms with E-state index >= 15 is 4.39 Å². The number of carboxylic acid groups (broad SMARTS) is 1. The molecule has 0 bridgehead atoms. The van der Waals surface area contributed by atoms with Crippen molar-refractivity contribution in [3.8, 4) is 22.7 Å². The third kappa shape index (κ3) is 4.18. The van der Waals surface area contributed by atoms with Gasteiger partial charge in [0.15, 0.2) is 11.6 Å². The number of halogens is 2. The summed E-state index contributed by atoms with van der Waals surface area (Å²) in [5.74, 6) is -0.170. The van der Waals surface area contributed by atoms with Crippen LogP contribution in [-0.4, -0.2) is 32.7 Å². The number of nitrogens with zero attached hydrogens (tertiary/aromatic N) is 4. The van der Waals surface area contributed by atoms with Crippen LogP contribution in [0.25, 0.3) is 22.7 Å². The minimum Gasteiger partial charge on any atom is -0.465 e. The van der Waals surface area contributed by atoms with Crippen LogP contribution in [0, 0.1) is 5.82 Å². The van der Waals surface area contributed by atoms with Crippen LogP contribution < -0.4 is 4.90 Å². The second-order valence-corrected chi connectivity index (χ2v) is 7.82. The summed E-state index contributed by atoms with van der Waals surface area (Å²) >= 11 is 5.92. The zero-order valence-corrected chi connectivity index (χ0v) is 17.4. The van der Waals surface area contributed by atoms with Gasteiger partial charge in [0.25, 0.3) is 0 Å². The van der Waals surface area contributed by atoms with Gasteiger partial charge in [-0.2, -0.15) is 0 Å². The highest BCUT2D eigenvalue weighted by molar-refractivity contribution is 6.28. The molecule has 0 fully saturated rings. The average Bonchev–Trinajstić information content (AvgIpc) is 3.12. The molecule has 0 aliphatic heterocycles. The highest BCUT2D eigenvalue weighted by Crippen LogP contribution is 2.38. The van der Waals surface area contributed by atoms with Crippen LogP contribution in [-0.2, 0) is 5.41 Å². The van der Waals surface area contributed by atoms with Crippen LogP contribution in [0.4, 0.5) is 14.9 Å². The van der Waals surface area contributed by atoms with E-state index in [1.165, 1.54) is 24.4 Å². The van der Waals surface area contributed by atoms with Gasteiger partial charge in [-0.25, -0.2) is 24.1 Å². The number of oxazole rings is 1. The molecule has 9 heteroatoms. The van der Waals surface area contributed by atoms with Crippen molar-refractivity contribution in [2.24, 2.45) is 0 Å². The van der Waals surface area contributed by atoms with Crippen LogP contribution in [0.15, 0.2) is 47.5 Å². The van der Waals surface area contributed by atoms with Gasteiger partial charge in [-0.1, -0.05) is 32.9 Å². The number of carbonyl (C=O) groups is 1. The normalized spacial score (nSPS) is 11.4. The first kappa shape index (κ1) is 21.4. The Labute approximate surface area is 177 Å². The fourth-order valence-corrected chi connectivity index (χ4v) is 2.93. The van der Waals surface area contributed by atoms with Crippen LogP contribution >= 0.6 is 11.6 Å². The van der Waals surface area contributed by atoms with E-state index in [0.29, 0.717) is 11.6 Å². The molecule has 0 radical (unpaired) electrons. The number of anilines is 1. The topological polar surface area (TPSA) is 92.4 Å². The summed E-state index contributed by atoms with van der Waals surface area (Å²) in [5, 5.41) is 9.47. The van der Waals surface area contributed by atoms with E-state index in [1.807, 2.05) is 20.8 Å². The van der Waals surface area contributed by atoms with Crippen molar-refractivity contribution in [1.29, 1.82) is 0 Å². The van der Waals surface area contributed by atoms with E-state index in [4.69, 9.17) is 16.0 Å². The maximum atomic E-state index is 15.5. The molecule has 0 aliphatic carbocycles. The predicted molar refractivity (Wildman–Crippen MR) is 112 cm³/mol. The Hall–Kier alpha value is -3.26. The minimum absolute atomic E-state index is 0.00409. The average molecular weight is 431 g/mol. The van der Waals surface area contributed by atoms with Crippen molar-refractivity contribution < 1.29 is 18.7 Å². The number of hydrogen-bond donors (Lipinski definition) is 1. The summed E-state index contributed by atoms with van der Waals surface area (Å²) in [6, 6.07) is 6.01. The van der Waals surface area contributed by atoms with E-state index in [-0.39, 0.29) is 34.5 Å². The second-order valence-electron chi connectivity index (χ2n) is 7.48. The van der Waals surface area contributed by atoms with Crippen molar-refractivity contribution in [1.82, 2.24) is 15.0 Å². The molecular formula is C21H20ClFN4O3. The van der Waals surface area contributed by atoms with Gasteiger partial charge in [-0.3, -0.25) is 4.90 Å². The quantitative estimate of drug-likeness (QED) is 0.421. The minimum atomic E-state index is -1.30. The standard InChI is InChI=1S/C21H20ClFN4O3/c1-5-11-27(20(28)29)14-8-6-7-12(15(14)23)16-17(13-9-10-24-19(22)25-13)30-18(26-16)21(2,3)4/h5-10H,1,11H2,2-4H3,(H,28,29). The first-order chi connectivity index (χ1) is 14.1. The van der Waals surface area contributed by atoms with Gasteiger partial charge in [-0.15, -0.1) is 6.58 Å². The van der Waals surface area contributed by atoms with Crippen molar-refractivity contribution >= 4 is 23.4 Å². The molecule has 0 saturated carbocycles. The Morgan fingerprint density at radius 3 is 2.67 bits per heavy atom. The molecule has 0 aliphatic rings. The van der Waals surface area contributed by atoms with Gasteiger partial charge in [0.2, 0.25) is 11.2 Å². The molecule has 0 saturated heterocycles. The summed E-state index contributed by atoms with van der Waals surface area (Å²) in [6.07, 6.45) is 1.53. The van der Waals surface area contributed by atoms with Gasteiger partial charge in [-0.05, 0) is 29.8 Å². The highest BCUT2D eigenvalue weighted by atomic mass is 35.5. The van der Waals surface area contributed by atoms with Crippen LogP contribution in [0.3, 0.4) is 0 Å². The molecule has 3 aromatic rings. The molecule has 156 valence electrons. The second kappa shape index (κ2) is 8.23. The molecule has 0 atom stereocenters. The lowest BCUT2D eigenvalue weighted by molar-refractivity contribution is 0.202. The summed E-state index contributed by atoms with van der Waals surface area (Å²) in [4.78, 5) is 25.0. The fraction of sp³-hybridized carbons (Fsp3) is 0.238. The predicted octanol–water partition coefficient (Wildman–Crippen LogP) is 5.56. The first-order valence-corrected chi connectivity index (χ1v) is 9.41. The molecule has 0 spiro atoms. The van der Waals surface area contributed by atoms with Crippen LogP contribution in [0.5, 0.6) is 0 Å². The maximum absolute atomic E-state index is 15.5. The zero-order chi connectivity index (χ0) is 22.1. The molecule has 1 N–H and O–H groups in total. The van der Waals surface area contributed by atoms with Crippen molar-refractivity contribution in [3.63, 3.8) is 0 Å². The Morgan fingerprint density at radius 1 is 1.33 bits per heavy atom. The number of benzene rings is 1. The van der Waals surface area contributed by atoms with Crippen LogP contribution in [0.1, 0.15) is 26.7 Å². The molecule has 3 rings (SSSR count). The van der Waals surface area contributed by atoms with Gasteiger partial charge >= 0.3 is 6.09 Å². The number of amides is 1. The number of hydrogen-bond acceptors (Lipinski definition) is 5. The Morgan fingerprint density at radius 2 is 2.07 bits per heavy atom. The number of aromatic nitrogens is 3. The third-order valence-electron chi connectivity index (χ3n) is 4.19. The summed E-state index contributed by atoms with van der Waals surface area (Å²) < 4.78 is 21.4. The molecular weight excluding hydrogens is 411 g/mol. The number of rotatable bonds is 5. The molecule has 7 nitrogen and oxygen atoms in total. The molecule has 2 heterocycles. The molecule has 30 heavy (non-hydrogen) atoms. The highest BCUT2D eigenvalue weighted by Gasteiger charge is 2.29. The molecule has 1 aromatic carbocycles. The van der Waals surface area contributed by atoms with E-state index in [9.17, 15) is 9.90 Å². The monoisotopic (exact) mass is 430 g/mol. The first-order valence-electron chi connectivity index (χ1n) is 9.04. The SMILES string of the molecule is C=CCN(C(=O)O)c1cccc(-c2nc(C(C)(C)C)oc2-c2ccnc(Cl)n2)c1F. The molecule has 2 aromatic heterocycles. The van der Waals surface area contributed by atoms with Crippen molar-refractivity contribution in [2.45, 2.75) is 26.2 Å². The van der Waals surface area contributed by atoms with E-state index in [1.54, 1.807) is 12.1 Å². The largest absolute Gasteiger partial charge is 0.465 e. The lowest BCUT2D eigenvalue weighted by atomic mass is 9.97. The summed E-state index contributed by atoms with van der Waals surface area (Å²) in [7, 11) is 0. The third-order valence-corrected chi connectivity index (χ3v) is 4.38. The van der Waals surface area contributed by atoms with Gasteiger partial charge in [0, 0.05) is 23.7 Å². The summed E-state index contributed by atoms with van der Waals surface area (Å²) in [6.45, 7) is 9.17. The van der Waals surface area contributed by atoms with Gasteiger partial charge < -0.3 is 9.52 Å². The van der Waals surface area contributed by atoms with Crippen molar-refractivity contribution in [2.75, 3.05) is 11.4 Å². The smallest absolute Gasteiger partial charge is 0.412 e. The van der Waals surface area contributed by atoms with Crippen LogP contribution in [0.2, 0.25) is 5.28 Å². The lowest BCUT2D eigenvalue weighted by Crippen LogP contribution is -2.30. The summed E-state index contributed by atoms with van der Waals surface area (Å²) in [5.41, 5.74) is 0.0176. The van der Waals surface area contributed by atoms with Gasteiger partial charge in [0.05, 0.1) is 5.69 Å². The maximum Gasteiger partial charge on any atom is 0.412 e. The molecule has 0 unspecified atom stereocenters. The van der Waals surface area contributed by atoms with E-state index in [0.717, 1.165) is 4.90 Å². The van der Waals surface area contributed by atoms with Gasteiger partial charge in [0.1, 0.15) is 11.4 Å². The Balaban J connectivity index is 2.25. The lowest BCUT2D eigenvalue weighted by Gasteiger charge is -2.19. The van der Waals surface area contributed by atoms with E-state index in [2.05, 4.69) is 21.5 Å². The molecule has 1 amide bonds. The van der Waals surface area contributed by atoms with Crippen molar-refractivity contribution in [3.05, 3.63) is 60.1 Å². The van der Waals surface area contributed by atoms with E-state index < -0.39 is 17.3 Å². The Bertz CT molecular complexity index is 1110. The fourth-order valence-electron chi connectivity index (χ4n) is 2.78. The zero-order valence-electron chi connectivity index (χ0n) is 16.7.